The monoisotopic (exact) mass is 231 g/mol. The molecule has 0 atom stereocenters. The molecule has 1 N–H and O–H groups in total. The van der Waals surface area contributed by atoms with Crippen LogP contribution < -0.4 is 4.84 Å². The molecule has 0 bridgehead atoms. The maximum atomic E-state index is 10.9. The van der Waals surface area contributed by atoms with Gasteiger partial charge in [-0.15, -0.1) is 0 Å². The van der Waals surface area contributed by atoms with Crippen LogP contribution in [-0.2, 0) is 4.79 Å². The molecule has 2 rings (SSSR count). The second-order valence-corrected chi connectivity index (χ2v) is 3.13. The van der Waals surface area contributed by atoms with Crippen LogP contribution in [0.5, 0.6) is 5.75 Å². The maximum Gasteiger partial charge on any atom is 0.361 e. The minimum absolute atomic E-state index is 0.147. The van der Waals surface area contributed by atoms with Crippen LogP contribution >= 0.6 is 0 Å². The number of oxime groups is 1. The van der Waals surface area contributed by atoms with Crippen LogP contribution in [0.25, 0.3) is 0 Å². The van der Waals surface area contributed by atoms with E-state index < -0.39 is 5.97 Å². The van der Waals surface area contributed by atoms with Gasteiger partial charge in [0.25, 0.3) is 0 Å². The van der Waals surface area contributed by atoms with Crippen molar-refractivity contribution in [2.24, 2.45) is 5.16 Å². The van der Waals surface area contributed by atoms with E-state index in [1.54, 1.807) is 30.3 Å². The van der Waals surface area contributed by atoms with E-state index in [1.807, 2.05) is 6.07 Å². The molecule has 0 saturated carbocycles. The molecular formula is C12H9NO4. The minimum Gasteiger partial charge on any atom is -0.476 e. The highest BCUT2D eigenvalue weighted by Crippen LogP contribution is 2.10. The average Bonchev–Trinajstić information content (AvgIpc) is 2.84. The molecule has 0 amide bonds. The van der Waals surface area contributed by atoms with Crippen molar-refractivity contribution < 1.29 is 19.2 Å². The highest BCUT2D eigenvalue weighted by Gasteiger charge is 2.16. The van der Waals surface area contributed by atoms with Crippen molar-refractivity contribution in [3.05, 3.63) is 54.5 Å². The molecule has 1 aromatic heterocycles. The molecule has 0 aliphatic rings. The molecule has 1 heterocycles. The van der Waals surface area contributed by atoms with Gasteiger partial charge < -0.3 is 14.4 Å². The number of rotatable bonds is 4. The summed E-state index contributed by atoms with van der Waals surface area (Å²) in [5.74, 6) is -0.609. The molecule has 17 heavy (non-hydrogen) atoms. The van der Waals surface area contributed by atoms with E-state index in [2.05, 4.69) is 5.16 Å². The van der Waals surface area contributed by atoms with Crippen LogP contribution in [0.15, 0.2) is 58.3 Å². The molecule has 0 aliphatic heterocycles. The number of benzene rings is 1. The number of furan rings is 1. The molecule has 5 heteroatoms. The fourth-order valence-electron chi connectivity index (χ4n) is 1.18. The number of para-hydroxylation sites is 1. The van der Waals surface area contributed by atoms with Gasteiger partial charge in [0.05, 0.1) is 6.26 Å². The largest absolute Gasteiger partial charge is 0.476 e. The number of carboxylic acids is 1. The Morgan fingerprint density at radius 3 is 2.53 bits per heavy atom. The van der Waals surface area contributed by atoms with Crippen LogP contribution in [0.3, 0.4) is 0 Å². The van der Waals surface area contributed by atoms with E-state index in [0.29, 0.717) is 5.75 Å². The van der Waals surface area contributed by atoms with Gasteiger partial charge in [-0.25, -0.2) is 4.79 Å². The SMILES string of the molecule is O=C(O)C(=NOc1ccccc1)c1ccco1. The van der Waals surface area contributed by atoms with Crippen molar-refractivity contribution in [2.75, 3.05) is 0 Å². The molecule has 0 spiro atoms. The van der Waals surface area contributed by atoms with Crippen molar-refractivity contribution in [1.29, 1.82) is 0 Å². The molecule has 0 unspecified atom stereocenters. The predicted molar refractivity (Wildman–Crippen MR) is 60.0 cm³/mol. The zero-order valence-electron chi connectivity index (χ0n) is 8.74. The van der Waals surface area contributed by atoms with Crippen molar-refractivity contribution in [3.63, 3.8) is 0 Å². The Morgan fingerprint density at radius 2 is 1.94 bits per heavy atom. The number of hydrogen-bond acceptors (Lipinski definition) is 4. The average molecular weight is 231 g/mol. The van der Waals surface area contributed by atoms with Gasteiger partial charge in [-0.1, -0.05) is 23.4 Å². The summed E-state index contributed by atoms with van der Waals surface area (Å²) in [6.07, 6.45) is 1.37. The van der Waals surface area contributed by atoms with Gasteiger partial charge in [0.15, 0.2) is 11.5 Å². The summed E-state index contributed by atoms with van der Waals surface area (Å²) in [7, 11) is 0. The molecule has 5 nitrogen and oxygen atoms in total. The second kappa shape index (κ2) is 4.98. The quantitative estimate of drug-likeness (QED) is 0.646. The van der Waals surface area contributed by atoms with E-state index in [4.69, 9.17) is 14.4 Å². The summed E-state index contributed by atoms with van der Waals surface area (Å²) >= 11 is 0. The van der Waals surface area contributed by atoms with Gasteiger partial charge in [0.1, 0.15) is 0 Å². The lowest BCUT2D eigenvalue weighted by Crippen LogP contribution is -2.14. The van der Waals surface area contributed by atoms with Crippen molar-refractivity contribution in [3.8, 4) is 5.75 Å². The molecule has 0 saturated heterocycles. The third-order valence-electron chi connectivity index (χ3n) is 1.94. The summed E-state index contributed by atoms with van der Waals surface area (Å²) in [4.78, 5) is 15.9. The summed E-state index contributed by atoms with van der Waals surface area (Å²) in [6, 6.07) is 11.8. The number of aliphatic carboxylic acids is 1. The smallest absolute Gasteiger partial charge is 0.361 e. The first kappa shape index (κ1) is 10.9. The third kappa shape index (κ3) is 2.72. The maximum absolute atomic E-state index is 10.9. The zero-order valence-corrected chi connectivity index (χ0v) is 8.74. The topological polar surface area (TPSA) is 72.0 Å². The van der Waals surface area contributed by atoms with E-state index in [9.17, 15) is 4.79 Å². The van der Waals surface area contributed by atoms with Crippen LogP contribution in [-0.4, -0.2) is 16.8 Å². The van der Waals surface area contributed by atoms with Crippen molar-refractivity contribution in [1.82, 2.24) is 0 Å². The highest BCUT2D eigenvalue weighted by molar-refractivity contribution is 6.41. The number of carboxylic acid groups (broad SMARTS) is 1. The Bertz CT molecular complexity index is 517. The van der Waals surface area contributed by atoms with Gasteiger partial charge in [0.2, 0.25) is 5.71 Å². The first-order chi connectivity index (χ1) is 8.27. The van der Waals surface area contributed by atoms with Gasteiger partial charge in [0, 0.05) is 0 Å². The molecule has 0 fully saturated rings. The minimum atomic E-state index is -1.21. The fraction of sp³-hybridized carbons (Fsp3) is 0. The standard InChI is InChI=1S/C12H9NO4/c14-12(15)11(10-7-4-8-16-10)13-17-9-5-2-1-3-6-9/h1-8H,(H,14,15). The fourth-order valence-corrected chi connectivity index (χ4v) is 1.18. The van der Waals surface area contributed by atoms with Crippen molar-refractivity contribution in [2.45, 2.75) is 0 Å². The molecular weight excluding hydrogens is 222 g/mol. The van der Waals surface area contributed by atoms with Crippen LogP contribution in [0.2, 0.25) is 0 Å². The van der Waals surface area contributed by atoms with Gasteiger partial charge in [-0.05, 0) is 24.3 Å². The van der Waals surface area contributed by atoms with E-state index in [-0.39, 0.29) is 11.5 Å². The lowest BCUT2D eigenvalue weighted by atomic mass is 10.3. The summed E-state index contributed by atoms with van der Waals surface area (Å²) in [5, 5.41) is 12.5. The van der Waals surface area contributed by atoms with Crippen LogP contribution in [0, 0.1) is 0 Å². The third-order valence-corrected chi connectivity index (χ3v) is 1.94. The number of carbonyl (C=O) groups is 1. The molecule has 0 radical (unpaired) electrons. The Balaban J connectivity index is 2.21. The van der Waals surface area contributed by atoms with Gasteiger partial charge >= 0.3 is 5.97 Å². The first-order valence-corrected chi connectivity index (χ1v) is 4.84. The number of hydrogen-bond donors (Lipinski definition) is 1. The highest BCUT2D eigenvalue weighted by atomic mass is 16.6. The Morgan fingerprint density at radius 1 is 1.18 bits per heavy atom. The molecule has 86 valence electrons. The Hall–Kier alpha value is -2.56. The molecule has 1 aromatic carbocycles. The normalized spacial score (nSPS) is 11.2. The summed E-state index contributed by atoms with van der Waals surface area (Å²) in [5.41, 5.74) is -0.279. The first-order valence-electron chi connectivity index (χ1n) is 4.84. The van der Waals surface area contributed by atoms with E-state index in [0.717, 1.165) is 0 Å². The van der Waals surface area contributed by atoms with Gasteiger partial charge in [-0.2, -0.15) is 0 Å². The van der Waals surface area contributed by atoms with E-state index in [1.165, 1.54) is 12.3 Å². The zero-order chi connectivity index (χ0) is 12.1. The second-order valence-electron chi connectivity index (χ2n) is 3.13. The Labute approximate surface area is 96.9 Å². The molecule has 0 aliphatic carbocycles. The Kier molecular flexibility index (Phi) is 3.20. The number of nitrogens with zero attached hydrogens (tertiary/aromatic N) is 1. The lowest BCUT2D eigenvalue weighted by Gasteiger charge is -1.99. The van der Waals surface area contributed by atoms with Crippen LogP contribution in [0.4, 0.5) is 0 Å². The summed E-state index contributed by atoms with van der Waals surface area (Å²) in [6.45, 7) is 0. The molecule has 2 aromatic rings. The summed E-state index contributed by atoms with van der Waals surface area (Å²) < 4.78 is 4.95. The van der Waals surface area contributed by atoms with E-state index >= 15 is 0 Å². The van der Waals surface area contributed by atoms with Crippen molar-refractivity contribution >= 4 is 11.7 Å². The lowest BCUT2D eigenvalue weighted by molar-refractivity contribution is -0.129. The van der Waals surface area contributed by atoms with Crippen LogP contribution in [0.1, 0.15) is 5.76 Å². The van der Waals surface area contributed by atoms with Gasteiger partial charge in [-0.3, -0.25) is 0 Å². The predicted octanol–water partition coefficient (Wildman–Crippen LogP) is 2.15.